The quantitative estimate of drug-likeness (QED) is 0.925. The van der Waals surface area contributed by atoms with Gasteiger partial charge < -0.3 is 5.73 Å². The second-order valence-corrected chi connectivity index (χ2v) is 4.42. The molecule has 1 atom stereocenters. The van der Waals surface area contributed by atoms with E-state index in [1.54, 1.807) is 30.6 Å². The molecule has 2 aromatic rings. The molecule has 19 heavy (non-hydrogen) atoms. The van der Waals surface area contributed by atoms with Crippen LogP contribution in [0.4, 0.5) is 13.2 Å². The molecule has 1 heterocycles. The lowest BCUT2D eigenvalue weighted by atomic mass is 10.0. The number of halogens is 3. The first-order valence-electron chi connectivity index (χ1n) is 5.99. The molecule has 1 aromatic carbocycles. The second kappa shape index (κ2) is 5.52. The van der Waals surface area contributed by atoms with Gasteiger partial charge in [0.25, 0.3) is 0 Å². The van der Waals surface area contributed by atoms with Crippen molar-refractivity contribution >= 4 is 11.0 Å². The maximum absolute atomic E-state index is 12.1. The third-order valence-corrected chi connectivity index (χ3v) is 2.90. The van der Waals surface area contributed by atoms with Crippen LogP contribution in [-0.4, -0.2) is 16.1 Å². The highest BCUT2D eigenvalue weighted by Gasteiger charge is 2.26. The fourth-order valence-corrected chi connectivity index (χ4v) is 1.90. The van der Waals surface area contributed by atoms with Gasteiger partial charge in [0.2, 0.25) is 0 Å². The Bertz CT molecular complexity index is 554. The summed E-state index contributed by atoms with van der Waals surface area (Å²) in [6, 6.07) is 4.94. The lowest BCUT2D eigenvalue weighted by Gasteiger charge is -2.13. The van der Waals surface area contributed by atoms with Crippen LogP contribution in [0.2, 0.25) is 0 Å². The number of nitrogens with two attached hydrogens (primary N) is 1. The van der Waals surface area contributed by atoms with E-state index in [2.05, 4.69) is 9.97 Å². The molecule has 3 nitrogen and oxygen atoms in total. The molecule has 0 aliphatic carbocycles. The van der Waals surface area contributed by atoms with Crippen LogP contribution in [0, 0.1) is 0 Å². The van der Waals surface area contributed by atoms with Crippen molar-refractivity contribution in [3.05, 3.63) is 36.2 Å². The molecule has 0 amide bonds. The van der Waals surface area contributed by atoms with Crippen LogP contribution >= 0.6 is 0 Å². The topological polar surface area (TPSA) is 51.8 Å². The second-order valence-electron chi connectivity index (χ2n) is 4.42. The first-order valence-corrected chi connectivity index (χ1v) is 5.99. The van der Waals surface area contributed by atoms with E-state index in [1.165, 1.54) is 0 Å². The summed E-state index contributed by atoms with van der Waals surface area (Å²) in [7, 11) is 0. The summed E-state index contributed by atoms with van der Waals surface area (Å²) in [5.41, 5.74) is 8.13. The highest BCUT2D eigenvalue weighted by atomic mass is 19.4. The van der Waals surface area contributed by atoms with Crippen molar-refractivity contribution in [2.45, 2.75) is 31.5 Å². The first kappa shape index (κ1) is 13.7. The third kappa shape index (κ3) is 3.89. The third-order valence-electron chi connectivity index (χ3n) is 2.90. The van der Waals surface area contributed by atoms with E-state index in [0.717, 1.165) is 11.1 Å². The van der Waals surface area contributed by atoms with Crippen molar-refractivity contribution in [1.82, 2.24) is 9.97 Å². The molecule has 2 rings (SSSR count). The van der Waals surface area contributed by atoms with Crippen molar-refractivity contribution < 1.29 is 13.2 Å². The zero-order valence-corrected chi connectivity index (χ0v) is 10.2. The normalized spacial score (nSPS) is 13.7. The minimum Gasteiger partial charge on any atom is -0.324 e. The maximum Gasteiger partial charge on any atom is 0.389 e. The monoisotopic (exact) mass is 269 g/mol. The Labute approximate surface area is 108 Å². The van der Waals surface area contributed by atoms with E-state index in [-0.39, 0.29) is 6.42 Å². The lowest BCUT2D eigenvalue weighted by Crippen LogP contribution is -2.13. The summed E-state index contributed by atoms with van der Waals surface area (Å²) < 4.78 is 36.2. The highest BCUT2D eigenvalue weighted by molar-refractivity contribution is 5.74. The number of rotatable bonds is 4. The van der Waals surface area contributed by atoms with Gasteiger partial charge in [0.15, 0.2) is 0 Å². The molecule has 6 heteroatoms. The van der Waals surface area contributed by atoms with Crippen LogP contribution in [0.5, 0.6) is 0 Å². The Morgan fingerprint density at radius 1 is 1.11 bits per heavy atom. The average Bonchev–Trinajstić information content (AvgIpc) is 2.36. The van der Waals surface area contributed by atoms with Crippen LogP contribution in [-0.2, 0) is 0 Å². The van der Waals surface area contributed by atoms with Gasteiger partial charge in [0, 0.05) is 24.9 Å². The number of fused-ring (bicyclic) bond motifs is 1. The van der Waals surface area contributed by atoms with Crippen LogP contribution in [0.1, 0.15) is 30.9 Å². The minimum absolute atomic E-state index is 0.0309. The summed E-state index contributed by atoms with van der Waals surface area (Å²) in [5, 5.41) is 0. The molecule has 2 N–H and O–H groups in total. The van der Waals surface area contributed by atoms with Crippen LogP contribution in [0.3, 0.4) is 0 Å². The fraction of sp³-hybridized carbons (Fsp3) is 0.385. The Kier molecular flexibility index (Phi) is 3.99. The van der Waals surface area contributed by atoms with Gasteiger partial charge in [0.1, 0.15) is 0 Å². The molecule has 0 saturated carbocycles. The summed E-state index contributed by atoms with van der Waals surface area (Å²) >= 11 is 0. The van der Waals surface area contributed by atoms with E-state index in [9.17, 15) is 13.2 Å². The van der Waals surface area contributed by atoms with Gasteiger partial charge in [-0.2, -0.15) is 13.2 Å². The van der Waals surface area contributed by atoms with E-state index in [1.807, 2.05) is 0 Å². The van der Waals surface area contributed by atoms with E-state index in [0.29, 0.717) is 11.9 Å². The number of hydrogen-bond acceptors (Lipinski definition) is 3. The molecule has 0 fully saturated rings. The fourth-order valence-electron chi connectivity index (χ4n) is 1.90. The van der Waals surface area contributed by atoms with E-state index >= 15 is 0 Å². The van der Waals surface area contributed by atoms with Crippen molar-refractivity contribution in [1.29, 1.82) is 0 Å². The summed E-state index contributed by atoms with van der Waals surface area (Å²) in [4.78, 5) is 8.27. The molecule has 0 saturated heterocycles. The maximum atomic E-state index is 12.1. The number of nitrogens with zero attached hydrogens (tertiary/aromatic N) is 2. The Morgan fingerprint density at radius 2 is 1.79 bits per heavy atom. The van der Waals surface area contributed by atoms with Gasteiger partial charge in [-0.05, 0) is 30.5 Å². The van der Waals surface area contributed by atoms with Gasteiger partial charge in [-0.15, -0.1) is 0 Å². The van der Waals surface area contributed by atoms with Crippen LogP contribution < -0.4 is 5.73 Å². The van der Waals surface area contributed by atoms with E-state index in [4.69, 9.17) is 5.73 Å². The largest absolute Gasteiger partial charge is 0.389 e. The average molecular weight is 269 g/mol. The van der Waals surface area contributed by atoms with Gasteiger partial charge in [-0.25, -0.2) is 0 Å². The lowest BCUT2D eigenvalue weighted by molar-refractivity contribution is -0.135. The minimum atomic E-state index is -4.12. The van der Waals surface area contributed by atoms with Gasteiger partial charge in [-0.3, -0.25) is 9.97 Å². The molecule has 0 aliphatic heterocycles. The van der Waals surface area contributed by atoms with Crippen LogP contribution in [0.15, 0.2) is 30.6 Å². The first-order chi connectivity index (χ1) is 8.96. The molecule has 0 spiro atoms. The molecular formula is C13H14F3N3. The molecule has 0 bridgehead atoms. The summed E-state index contributed by atoms with van der Waals surface area (Å²) in [6.07, 6.45) is -1.43. The number of benzene rings is 1. The Balaban J connectivity index is 2.03. The number of alkyl halides is 3. The molecule has 102 valence electrons. The molecule has 1 unspecified atom stereocenters. The van der Waals surface area contributed by atoms with Crippen molar-refractivity contribution in [3.8, 4) is 0 Å². The summed E-state index contributed by atoms with van der Waals surface area (Å²) in [6.45, 7) is 0. The van der Waals surface area contributed by atoms with Crippen molar-refractivity contribution in [2.75, 3.05) is 0 Å². The smallest absolute Gasteiger partial charge is 0.324 e. The molecular weight excluding hydrogens is 255 g/mol. The predicted molar refractivity (Wildman–Crippen MR) is 66.4 cm³/mol. The van der Waals surface area contributed by atoms with Gasteiger partial charge in [0.05, 0.1) is 11.0 Å². The molecule has 1 aromatic heterocycles. The highest BCUT2D eigenvalue weighted by Crippen LogP contribution is 2.26. The zero-order chi connectivity index (χ0) is 13.9. The van der Waals surface area contributed by atoms with Gasteiger partial charge >= 0.3 is 6.18 Å². The Hall–Kier alpha value is -1.69. The van der Waals surface area contributed by atoms with Gasteiger partial charge in [-0.1, -0.05) is 6.07 Å². The predicted octanol–water partition coefficient (Wildman–Crippen LogP) is 3.36. The Morgan fingerprint density at radius 3 is 2.47 bits per heavy atom. The van der Waals surface area contributed by atoms with Crippen molar-refractivity contribution in [2.24, 2.45) is 5.73 Å². The SMILES string of the molecule is NC(CCCC(F)(F)F)c1ccc2nccnc2c1. The molecule has 0 radical (unpaired) electrons. The summed E-state index contributed by atoms with van der Waals surface area (Å²) in [5.74, 6) is 0. The van der Waals surface area contributed by atoms with E-state index < -0.39 is 18.6 Å². The standard InChI is InChI=1S/C13H14F3N3/c14-13(15,16)5-1-2-10(17)9-3-4-11-12(8-9)19-7-6-18-11/h3-4,6-8,10H,1-2,5,17H2. The number of hydrogen-bond donors (Lipinski definition) is 1. The zero-order valence-electron chi connectivity index (χ0n) is 10.2. The number of aromatic nitrogens is 2. The van der Waals surface area contributed by atoms with Crippen molar-refractivity contribution in [3.63, 3.8) is 0 Å². The van der Waals surface area contributed by atoms with Crippen LogP contribution in [0.25, 0.3) is 11.0 Å². The molecule has 0 aliphatic rings.